The quantitative estimate of drug-likeness (QED) is 0.764. The van der Waals surface area contributed by atoms with Crippen LogP contribution in [-0.2, 0) is 10.2 Å². The molecule has 132 valence electrons. The third kappa shape index (κ3) is 1.77. The monoisotopic (exact) mass is 348 g/mol. The van der Waals surface area contributed by atoms with Gasteiger partial charge in [0.1, 0.15) is 11.5 Å². The second-order valence-corrected chi connectivity index (χ2v) is 7.37. The molecule has 4 heteroatoms. The Morgan fingerprint density at radius 1 is 1.12 bits per heavy atom. The van der Waals surface area contributed by atoms with E-state index in [-0.39, 0.29) is 17.1 Å². The van der Waals surface area contributed by atoms with E-state index in [1.54, 1.807) is 14.2 Å². The first-order valence-electron chi connectivity index (χ1n) is 8.86. The largest absolute Gasteiger partial charge is 0.496 e. The number of rotatable bonds is 2. The van der Waals surface area contributed by atoms with E-state index < -0.39 is 0 Å². The van der Waals surface area contributed by atoms with Crippen LogP contribution in [0.1, 0.15) is 29.3 Å². The summed E-state index contributed by atoms with van der Waals surface area (Å²) in [5.74, 6) is 2.25. The fourth-order valence-electron chi connectivity index (χ4n) is 4.80. The molecule has 0 bridgehead atoms. The Kier molecular flexibility index (Phi) is 3.06. The van der Waals surface area contributed by atoms with Crippen LogP contribution in [-0.4, -0.2) is 26.6 Å². The van der Waals surface area contributed by atoms with Crippen molar-refractivity contribution in [3.05, 3.63) is 58.9 Å². The van der Waals surface area contributed by atoms with Gasteiger partial charge in [0.25, 0.3) is 0 Å². The molecule has 2 aromatic rings. The van der Waals surface area contributed by atoms with Crippen molar-refractivity contribution < 1.29 is 19.0 Å². The smallest absolute Gasteiger partial charge is 0.227 e. The van der Waals surface area contributed by atoms with Crippen LogP contribution in [0.25, 0.3) is 10.8 Å². The van der Waals surface area contributed by atoms with Gasteiger partial charge in [-0.15, -0.1) is 0 Å². The normalized spacial score (nSPS) is 25.8. The third-order valence-corrected chi connectivity index (χ3v) is 6.07. The Labute approximate surface area is 152 Å². The summed E-state index contributed by atoms with van der Waals surface area (Å²) in [5, 5.41) is 1.85. The summed E-state index contributed by atoms with van der Waals surface area (Å²) >= 11 is 0. The van der Waals surface area contributed by atoms with Crippen LogP contribution in [0.5, 0.6) is 11.5 Å². The van der Waals surface area contributed by atoms with E-state index >= 15 is 0 Å². The van der Waals surface area contributed by atoms with Crippen LogP contribution >= 0.6 is 0 Å². The summed E-state index contributed by atoms with van der Waals surface area (Å²) in [6, 6.07) is 7.84. The molecule has 0 saturated heterocycles. The van der Waals surface area contributed by atoms with E-state index in [0.29, 0.717) is 17.9 Å². The molecule has 0 saturated carbocycles. The first kappa shape index (κ1) is 15.5. The molecule has 0 unspecified atom stereocenters. The van der Waals surface area contributed by atoms with Gasteiger partial charge in [-0.25, -0.2) is 0 Å². The highest BCUT2D eigenvalue weighted by molar-refractivity contribution is 6.14. The number of ketones is 1. The van der Waals surface area contributed by atoms with Gasteiger partial charge in [-0.3, -0.25) is 4.79 Å². The molecule has 0 N–H and O–H groups in total. The minimum atomic E-state index is -0.225. The van der Waals surface area contributed by atoms with Crippen LogP contribution in [0.4, 0.5) is 0 Å². The molecule has 1 aliphatic heterocycles. The van der Waals surface area contributed by atoms with Crippen molar-refractivity contribution in [2.75, 3.05) is 20.8 Å². The summed E-state index contributed by atoms with van der Waals surface area (Å²) in [6.07, 6.45) is 5.25. The Bertz CT molecular complexity index is 1030. The summed E-state index contributed by atoms with van der Waals surface area (Å²) in [5.41, 5.74) is 2.68. The van der Waals surface area contributed by atoms with Crippen LogP contribution in [0.2, 0.25) is 0 Å². The van der Waals surface area contributed by atoms with E-state index in [0.717, 1.165) is 39.8 Å². The van der Waals surface area contributed by atoms with Gasteiger partial charge in [-0.2, -0.15) is 0 Å². The van der Waals surface area contributed by atoms with Gasteiger partial charge < -0.3 is 14.2 Å². The second kappa shape index (κ2) is 5.13. The topological polar surface area (TPSA) is 44.8 Å². The van der Waals surface area contributed by atoms with Gasteiger partial charge in [-0.05, 0) is 41.8 Å². The molecule has 0 amide bonds. The van der Waals surface area contributed by atoms with Crippen molar-refractivity contribution in [1.29, 1.82) is 0 Å². The Balaban J connectivity index is 1.87. The van der Waals surface area contributed by atoms with E-state index in [1.807, 2.05) is 18.2 Å². The van der Waals surface area contributed by atoms with Gasteiger partial charge in [-0.1, -0.05) is 19.1 Å². The maximum absolute atomic E-state index is 13.2. The third-order valence-electron chi connectivity index (χ3n) is 6.07. The number of hydrogen-bond donors (Lipinski definition) is 0. The van der Waals surface area contributed by atoms with Crippen molar-refractivity contribution in [3.8, 4) is 11.5 Å². The number of allylic oxidation sites excluding steroid dienone is 2. The summed E-state index contributed by atoms with van der Waals surface area (Å²) < 4.78 is 16.9. The first-order valence-corrected chi connectivity index (χ1v) is 8.86. The zero-order valence-electron chi connectivity index (χ0n) is 15.1. The summed E-state index contributed by atoms with van der Waals surface area (Å²) in [7, 11) is 3.31. The van der Waals surface area contributed by atoms with Gasteiger partial charge in [0.05, 0.1) is 20.8 Å². The molecule has 0 aromatic heterocycles. The van der Waals surface area contributed by atoms with Gasteiger partial charge in [0, 0.05) is 27.7 Å². The second-order valence-electron chi connectivity index (χ2n) is 7.37. The number of carbonyl (C=O) groups excluding carboxylic acids is 1. The first-order chi connectivity index (χ1) is 12.6. The van der Waals surface area contributed by atoms with Crippen molar-refractivity contribution >= 4 is 16.6 Å². The van der Waals surface area contributed by atoms with Crippen molar-refractivity contribution in [3.63, 3.8) is 0 Å². The van der Waals surface area contributed by atoms with Gasteiger partial charge >= 0.3 is 0 Å². The standard InChI is InChI=1S/C22H20O4/c1-22-8-4-5-12-11-26-21(19(12)22)20(23)15-9-13-14(10-16(15)22)18(25-3)7-6-17(13)24-2/h4-7,9-10,12H,8,11H2,1-3H3/t12-,22+/m1/s1. The van der Waals surface area contributed by atoms with E-state index in [9.17, 15) is 4.79 Å². The number of carbonyl (C=O) groups is 1. The number of fused-ring (bicyclic) bond motifs is 3. The molecule has 26 heavy (non-hydrogen) atoms. The lowest BCUT2D eigenvalue weighted by Crippen LogP contribution is -2.36. The maximum atomic E-state index is 13.2. The number of hydrogen-bond acceptors (Lipinski definition) is 4. The molecule has 0 radical (unpaired) electrons. The fourth-order valence-corrected chi connectivity index (χ4v) is 4.80. The Hall–Kier alpha value is -2.75. The zero-order valence-corrected chi connectivity index (χ0v) is 15.1. The maximum Gasteiger partial charge on any atom is 0.227 e. The molecule has 0 fully saturated rings. The molecule has 2 aliphatic carbocycles. The number of Topliss-reactive ketones (excluding diaryl/α,β-unsaturated/α-hetero) is 1. The predicted octanol–water partition coefficient (Wildman–Crippen LogP) is 4.17. The number of ether oxygens (including phenoxy) is 3. The lowest BCUT2D eigenvalue weighted by molar-refractivity contribution is 0.0931. The highest BCUT2D eigenvalue weighted by Gasteiger charge is 2.49. The molecular formula is C22H20O4. The van der Waals surface area contributed by atoms with Gasteiger partial charge in [0.2, 0.25) is 5.78 Å². The molecule has 0 spiro atoms. The Morgan fingerprint density at radius 2 is 1.81 bits per heavy atom. The summed E-state index contributed by atoms with van der Waals surface area (Å²) in [6.45, 7) is 2.78. The molecule has 5 rings (SSSR count). The molecular weight excluding hydrogens is 328 g/mol. The van der Waals surface area contributed by atoms with Crippen LogP contribution in [0.15, 0.2) is 47.7 Å². The molecule has 3 aliphatic rings. The van der Waals surface area contributed by atoms with E-state index in [1.165, 1.54) is 0 Å². The number of methoxy groups -OCH3 is 2. The number of benzene rings is 2. The minimum absolute atomic E-state index is 0.0166. The lowest BCUT2D eigenvalue weighted by atomic mass is 9.62. The average molecular weight is 348 g/mol. The highest BCUT2D eigenvalue weighted by atomic mass is 16.5. The highest BCUT2D eigenvalue weighted by Crippen LogP contribution is 2.53. The van der Waals surface area contributed by atoms with Crippen molar-refractivity contribution in [2.24, 2.45) is 5.92 Å². The minimum Gasteiger partial charge on any atom is -0.496 e. The van der Waals surface area contributed by atoms with Crippen LogP contribution in [0.3, 0.4) is 0 Å². The van der Waals surface area contributed by atoms with Crippen molar-refractivity contribution in [1.82, 2.24) is 0 Å². The fraction of sp³-hybridized carbons (Fsp3) is 0.318. The SMILES string of the molecule is COc1ccc(OC)c2cc3c(cc12)C(=O)C1=C2[C@H](C=CC[C@]23C)CO1. The molecule has 2 aromatic carbocycles. The summed E-state index contributed by atoms with van der Waals surface area (Å²) in [4.78, 5) is 13.2. The van der Waals surface area contributed by atoms with Crippen molar-refractivity contribution in [2.45, 2.75) is 18.8 Å². The average Bonchev–Trinajstić information content (AvgIpc) is 3.10. The zero-order chi connectivity index (χ0) is 18.1. The molecule has 2 atom stereocenters. The van der Waals surface area contributed by atoms with Gasteiger partial charge in [0.15, 0.2) is 5.76 Å². The van der Waals surface area contributed by atoms with E-state index in [2.05, 4.69) is 25.1 Å². The molecule has 1 heterocycles. The molecule has 4 nitrogen and oxygen atoms in total. The van der Waals surface area contributed by atoms with E-state index in [4.69, 9.17) is 14.2 Å². The lowest BCUT2D eigenvalue weighted by Gasteiger charge is -2.39. The van der Waals surface area contributed by atoms with Crippen LogP contribution < -0.4 is 9.47 Å². The van der Waals surface area contributed by atoms with Crippen LogP contribution in [0, 0.1) is 5.92 Å². The Morgan fingerprint density at radius 3 is 2.50 bits per heavy atom. The predicted molar refractivity (Wildman–Crippen MR) is 99.0 cm³/mol.